The number of aryl methyl sites for hydroxylation is 1. The topological polar surface area (TPSA) is 136 Å². The van der Waals surface area contributed by atoms with Gasteiger partial charge in [-0.1, -0.05) is 22.9 Å². The van der Waals surface area contributed by atoms with Crippen molar-refractivity contribution in [2.75, 3.05) is 43.5 Å². The summed E-state index contributed by atoms with van der Waals surface area (Å²) >= 11 is 7.30. The van der Waals surface area contributed by atoms with Crippen LogP contribution in [0.2, 0.25) is 5.02 Å². The van der Waals surface area contributed by atoms with Crippen molar-refractivity contribution >= 4 is 49.7 Å². The number of carbonyl (C=O) groups is 1. The van der Waals surface area contributed by atoms with Crippen molar-refractivity contribution in [3.63, 3.8) is 0 Å². The molecule has 1 amide bonds. The van der Waals surface area contributed by atoms with Gasteiger partial charge >= 0.3 is 0 Å². The molecule has 2 aromatic rings. The van der Waals surface area contributed by atoms with Crippen molar-refractivity contribution in [3.8, 4) is 0 Å². The molecule has 0 spiro atoms. The maximum atomic E-state index is 13.2. The lowest BCUT2D eigenvalue weighted by Crippen LogP contribution is -2.41. The summed E-state index contributed by atoms with van der Waals surface area (Å²) in [5.41, 5.74) is 0.443. The van der Waals surface area contributed by atoms with Gasteiger partial charge in [0.25, 0.3) is 15.6 Å². The highest BCUT2D eigenvalue weighted by Crippen LogP contribution is 2.33. The minimum atomic E-state index is -3.77. The van der Waals surface area contributed by atoms with Gasteiger partial charge in [-0.2, -0.15) is 9.40 Å². The molecule has 0 radical (unpaired) electrons. The zero-order valence-corrected chi connectivity index (χ0v) is 22.0. The van der Waals surface area contributed by atoms with Crippen LogP contribution in [0, 0.1) is 12.8 Å². The Morgan fingerprint density at radius 2 is 2.06 bits per heavy atom. The lowest BCUT2D eigenvalue weighted by atomic mass is 10.0. The Balaban J connectivity index is 1.41. The lowest BCUT2D eigenvalue weighted by Gasteiger charge is -2.31. The average molecular weight is 545 g/mol. The summed E-state index contributed by atoms with van der Waals surface area (Å²) in [4.78, 5) is 28.3. The monoisotopic (exact) mass is 544 g/mol. The van der Waals surface area contributed by atoms with E-state index in [1.807, 2.05) is 0 Å². The molecule has 0 unspecified atom stereocenters. The standard InChI is InChI=1S/C21H29ClN6O5S2/c1-13-20(34-21(25-13)26-14(2)29)35(31,32)27-7-5-16(6-8-27)28-19(30)18(22)17(11-24-28)23-10-15-4-3-9-33-12-15/h11,15-16,23H,3-10,12H2,1-2H3,(H,25,26,29)/t15-/m1/s1. The van der Waals surface area contributed by atoms with Crippen LogP contribution in [0.1, 0.15) is 44.3 Å². The van der Waals surface area contributed by atoms with Gasteiger partial charge < -0.3 is 15.4 Å². The average Bonchev–Trinajstić information content (AvgIpc) is 3.21. The van der Waals surface area contributed by atoms with Gasteiger partial charge in [0, 0.05) is 33.2 Å². The highest BCUT2D eigenvalue weighted by Gasteiger charge is 2.34. The van der Waals surface area contributed by atoms with E-state index >= 15 is 0 Å². The summed E-state index contributed by atoms with van der Waals surface area (Å²) in [5, 5.41) is 10.4. The molecule has 2 aromatic heterocycles. The second-order valence-corrected chi connectivity index (χ2v) is 12.3. The summed E-state index contributed by atoms with van der Waals surface area (Å²) in [5.74, 6) is 0.0503. The van der Waals surface area contributed by atoms with E-state index < -0.39 is 15.6 Å². The number of aromatic nitrogens is 3. The smallest absolute Gasteiger partial charge is 0.287 e. The summed E-state index contributed by atoms with van der Waals surface area (Å²) < 4.78 is 34.7. The van der Waals surface area contributed by atoms with E-state index in [2.05, 4.69) is 20.7 Å². The number of amides is 1. The third-order valence-corrected chi connectivity index (χ3v) is 10.1. The largest absolute Gasteiger partial charge is 0.382 e. The molecule has 0 bridgehead atoms. The van der Waals surface area contributed by atoms with E-state index in [1.54, 1.807) is 13.1 Å². The number of rotatable bonds is 7. The van der Waals surface area contributed by atoms with Crippen LogP contribution in [0.25, 0.3) is 0 Å². The Morgan fingerprint density at radius 1 is 1.31 bits per heavy atom. The first kappa shape index (κ1) is 26.0. The third kappa shape index (κ3) is 5.85. The SMILES string of the molecule is CC(=O)Nc1nc(C)c(S(=O)(=O)N2CCC(n3ncc(NC[C@H]4CCCOC4)c(Cl)c3=O)CC2)s1. The third-order valence-electron chi connectivity index (χ3n) is 6.16. The predicted molar refractivity (Wildman–Crippen MR) is 134 cm³/mol. The van der Waals surface area contributed by atoms with Crippen LogP contribution in [-0.4, -0.2) is 66.2 Å². The molecule has 2 fully saturated rings. The summed E-state index contributed by atoms with van der Waals surface area (Å²) in [6.07, 6.45) is 4.48. The van der Waals surface area contributed by atoms with Crippen LogP contribution >= 0.6 is 22.9 Å². The molecule has 0 aromatic carbocycles. The van der Waals surface area contributed by atoms with Crippen molar-refractivity contribution in [2.24, 2.45) is 5.92 Å². The van der Waals surface area contributed by atoms with Gasteiger partial charge in [0.05, 0.1) is 30.2 Å². The number of carbonyl (C=O) groups excluding carboxylic acids is 1. The lowest BCUT2D eigenvalue weighted by molar-refractivity contribution is -0.114. The second kappa shape index (κ2) is 10.9. The normalized spacial score (nSPS) is 20.0. The number of nitrogens with one attached hydrogen (secondary N) is 2. The van der Waals surface area contributed by atoms with Crippen LogP contribution in [-0.2, 0) is 19.6 Å². The maximum Gasteiger partial charge on any atom is 0.287 e. The van der Waals surface area contributed by atoms with E-state index in [9.17, 15) is 18.0 Å². The molecule has 4 rings (SSSR count). The first-order chi connectivity index (χ1) is 16.7. The first-order valence-corrected chi connectivity index (χ1v) is 14.1. The molecule has 2 aliphatic rings. The number of sulfonamides is 1. The zero-order chi connectivity index (χ0) is 25.2. The number of hydrogen-bond acceptors (Lipinski definition) is 9. The van der Waals surface area contributed by atoms with Gasteiger partial charge in [-0.15, -0.1) is 0 Å². The molecule has 35 heavy (non-hydrogen) atoms. The highest BCUT2D eigenvalue weighted by atomic mass is 35.5. The number of nitrogens with zero attached hydrogens (tertiary/aromatic N) is 4. The number of anilines is 2. The fraction of sp³-hybridized carbons (Fsp3) is 0.619. The minimum absolute atomic E-state index is 0.0811. The van der Waals surface area contributed by atoms with E-state index in [-0.39, 0.29) is 39.4 Å². The number of ether oxygens (including phenoxy) is 1. The van der Waals surface area contributed by atoms with Crippen LogP contribution in [0.3, 0.4) is 0 Å². The van der Waals surface area contributed by atoms with Crippen molar-refractivity contribution in [1.82, 2.24) is 19.1 Å². The molecule has 4 heterocycles. The summed E-state index contributed by atoms with van der Waals surface area (Å²) in [7, 11) is -3.77. The molecule has 1 atom stereocenters. The number of thiazole rings is 1. The maximum absolute atomic E-state index is 13.2. The van der Waals surface area contributed by atoms with Crippen LogP contribution in [0.5, 0.6) is 0 Å². The number of piperidine rings is 1. The van der Waals surface area contributed by atoms with Gasteiger partial charge in [0.2, 0.25) is 5.91 Å². The van der Waals surface area contributed by atoms with Crippen molar-refractivity contribution < 1.29 is 17.9 Å². The molecular weight excluding hydrogens is 516 g/mol. The number of halogens is 1. The van der Waals surface area contributed by atoms with Crippen molar-refractivity contribution in [3.05, 3.63) is 27.3 Å². The van der Waals surface area contributed by atoms with Gasteiger partial charge in [0.1, 0.15) is 5.02 Å². The van der Waals surface area contributed by atoms with Gasteiger partial charge in [-0.25, -0.2) is 18.1 Å². The predicted octanol–water partition coefficient (Wildman–Crippen LogP) is 2.48. The summed E-state index contributed by atoms with van der Waals surface area (Å²) in [6, 6.07) is -0.259. The molecule has 2 N–H and O–H groups in total. The Morgan fingerprint density at radius 3 is 2.71 bits per heavy atom. The molecule has 2 aliphatic heterocycles. The molecule has 14 heteroatoms. The highest BCUT2D eigenvalue weighted by molar-refractivity contribution is 7.91. The van der Waals surface area contributed by atoms with E-state index in [0.29, 0.717) is 43.3 Å². The van der Waals surface area contributed by atoms with E-state index in [4.69, 9.17) is 16.3 Å². The van der Waals surface area contributed by atoms with Crippen molar-refractivity contribution in [2.45, 2.75) is 49.8 Å². The zero-order valence-electron chi connectivity index (χ0n) is 19.6. The van der Waals surface area contributed by atoms with Crippen LogP contribution in [0.4, 0.5) is 10.8 Å². The fourth-order valence-corrected chi connectivity index (χ4v) is 7.59. The quantitative estimate of drug-likeness (QED) is 0.542. The Kier molecular flexibility index (Phi) is 8.11. The molecular formula is C21H29ClN6O5S2. The number of hydrogen-bond donors (Lipinski definition) is 2. The Bertz CT molecular complexity index is 1230. The molecule has 0 aliphatic carbocycles. The molecule has 0 saturated carbocycles. The second-order valence-electron chi connectivity index (χ2n) is 8.79. The van der Waals surface area contributed by atoms with Gasteiger partial charge in [-0.3, -0.25) is 9.59 Å². The van der Waals surface area contributed by atoms with Crippen molar-refractivity contribution in [1.29, 1.82) is 0 Å². The first-order valence-electron chi connectivity index (χ1n) is 11.5. The van der Waals surface area contributed by atoms with E-state index in [1.165, 1.54) is 15.9 Å². The van der Waals surface area contributed by atoms with Gasteiger partial charge in [-0.05, 0) is 38.5 Å². The van der Waals surface area contributed by atoms with E-state index in [0.717, 1.165) is 30.8 Å². The van der Waals surface area contributed by atoms with Gasteiger partial charge in [0.15, 0.2) is 9.34 Å². The minimum Gasteiger partial charge on any atom is -0.382 e. The van der Waals surface area contributed by atoms with Crippen LogP contribution < -0.4 is 16.2 Å². The summed E-state index contributed by atoms with van der Waals surface area (Å²) in [6.45, 7) is 5.53. The molecule has 192 valence electrons. The Hall–Kier alpha value is -2.06. The fourth-order valence-electron chi connectivity index (χ4n) is 4.32. The van der Waals surface area contributed by atoms with Crippen LogP contribution in [0.15, 0.2) is 15.2 Å². The molecule has 11 nitrogen and oxygen atoms in total. The molecule has 2 saturated heterocycles. The Labute approximate surface area is 212 Å².